The molecule has 2 N–H and O–H groups in total. The van der Waals surface area contributed by atoms with Gasteiger partial charge in [0.25, 0.3) is 0 Å². The van der Waals surface area contributed by atoms with E-state index in [-0.39, 0.29) is 12.6 Å². The summed E-state index contributed by atoms with van der Waals surface area (Å²) < 4.78 is 1.11. The Bertz CT molecular complexity index is 334. The molecule has 0 unspecified atom stereocenters. The molecule has 1 aromatic carbocycles. The van der Waals surface area contributed by atoms with E-state index in [2.05, 4.69) is 45.5 Å². The molecule has 0 aliphatic heterocycles. The fraction of sp³-hybridized carbons (Fsp3) is 0.538. The molecule has 88 valence electrons. The van der Waals surface area contributed by atoms with E-state index < -0.39 is 0 Å². The average Bonchev–Trinajstić information content (AvgIpc) is 3.11. The third-order valence-corrected chi connectivity index (χ3v) is 3.59. The molecule has 2 atom stereocenters. The minimum atomic E-state index is 0.161. The molecule has 16 heavy (non-hydrogen) atoms. The Labute approximate surface area is 105 Å². The van der Waals surface area contributed by atoms with Crippen molar-refractivity contribution in [1.82, 2.24) is 5.32 Å². The van der Waals surface area contributed by atoms with Crippen molar-refractivity contribution in [1.29, 1.82) is 0 Å². The summed E-state index contributed by atoms with van der Waals surface area (Å²) in [5.41, 5.74) is 1.33. The number of nitrogens with one attached hydrogen (secondary N) is 1. The zero-order chi connectivity index (χ0) is 11.5. The van der Waals surface area contributed by atoms with Crippen LogP contribution in [0.15, 0.2) is 28.7 Å². The molecule has 0 amide bonds. The first-order valence-electron chi connectivity index (χ1n) is 5.83. The van der Waals surface area contributed by atoms with Gasteiger partial charge in [-0.2, -0.15) is 0 Å². The molecular weight excluding hydrogens is 266 g/mol. The molecule has 0 spiro atoms. The molecule has 0 bridgehead atoms. The summed E-state index contributed by atoms with van der Waals surface area (Å²) in [4.78, 5) is 0. The summed E-state index contributed by atoms with van der Waals surface area (Å²) in [6.07, 6.45) is 2.59. The van der Waals surface area contributed by atoms with Crippen molar-refractivity contribution in [3.63, 3.8) is 0 Å². The second kappa shape index (κ2) is 5.30. The summed E-state index contributed by atoms with van der Waals surface area (Å²) in [7, 11) is 0. The summed E-state index contributed by atoms with van der Waals surface area (Å²) in [5, 5.41) is 12.6. The van der Waals surface area contributed by atoms with Gasteiger partial charge in [-0.05, 0) is 43.4 Å². The van der Waals surface area contributed by atoms with E-state index >= 15 is 0 Å². The van der Waals surface area contributed by atoms with Crippen LogP contribution in [0.4, 0.5) is 0 Å². The molecule has 0 heterocycles. The van der Waals surface area contributed by atoms with E-state index in [1.165, 1.54) is 18.4 Å². The Hall–Kier alpha value is -0.380. The highest BCUT2D eigenvalue weighted by Crippen LogP contribution is 2.41. The number of halogens is 1. The highest BCUT2D eigenvalue weighted by molar-refractivity contribution is 9.10. The van der Waals surface area contributed by atoms with Crippen molar-refractivity contribution >= 4 is 15.9 Å². The van der Waals surface area contributed by atoms with Crippen LogP contribution in [0.1, 0.15) is 31.4 Å². The molecule has 2 nitrogen and oxygen atoms in total. The molecule has 1 aliphatic rings. The topological polar surface area (TPSA) is 32.3 Å². The number of aliphatic hydroxyl groups is 1. The molecule has 3 heteroatoms. The monoisotopic (exact) mass is 283 g/mol. The standard InChI is InChI=1S/C13H18BrNO/c1-9(8-16)15-13(10-2-3-10)11-4-6-12(14)7-5-11/h4-7,9-10,13,15-16H,2-3,8H2,1H3/t9-,13+/m0/s1. The zero-order valence-corrected chi connectivity index (χ0v) is 11.1. The molecule has 1 aromatic rings. The van der Waals surface area contributed by atoms with Crippen molar-refractivity contribution in [2.45, 2.75) is 31.8 Å². The van der Waals surface area contributed by atoms with Gasteiger partial charge in [-0.1, -0.05) is 28.1 Å². The number of rotatable bonds is 5. The molecule has 1 fully saturated rings. The first-order chi connectivity index (χ1) is 7.70. The van der Waals surface area contributed by atoms with E-state index in [1.807, 2.05) is 6.92 Å². The average molecular weight is 284 g/mol. The quantitative estimate of drug-likeness (QED) is 0.871. The minimum Gasteiger partial charge on any atom is -0.395 e. The Morgan fingerprint density at radius 2 is 2.00 bits per heavy atom. The van der Waals surface area contributed by atoms with Crippen molar-refractivity contribution in [2.24, 2.45) is 5.92 Å². The SMILES string of the molecule is C[C@@H](CO)N[C@@H](c1ccc(Br)cc1)C1CC1. The van der Waals surface area contributed by atoms with E-state index in [4.69, 9.17) is 5.11 Å². The molecule has 0 aromatic heterocycles. The third-order valence-electron chi connectivity index (χ3n) is 3.06. The van der Waals surface area contributed by atoms with Gasteiger partial charge in [0.2, 0.25) is 0 Å². The van der Waals surface area contributed by atoms with Gasteiger partial charge in [0.15, 0.2) is 0 Å². The second-order valence-corrected chi connectivity index (χ2v) is 5.53. The Morgan fingerprint density at radius 1 is 1.38 bits per heavy atom. The van der Waals surface area contributed by atoms with Crippen LogP contribution in [0.3, 0.4) is 0 Å². The van der Waals surface area contributed by atoms with Crippen LogP contribution in [0.5, 0.6) is 0 Å². The fourth-order valence-corrected chi connectivity index (χ4v) is 2.23. The number of hydrogen-bond donors (Lipinski definition) is 2. The van der Waals surface area contributed by atoms with Gasteiger partial charge in [-0.25, -0.2) is 0 Å². The number of benzene rings is 1. The van der Waals surface area contributed by atoms with Crippen LogP contribution in [0, 0.1) is 5.92 Å². The van der Waals surface area contributed by atoms with Gasteiger partial charge in [0.05, 0.1) is 6.61 Å². The lowest BCUT2D eigenvalue weighted by Gasteiger charge is -2.22. The van der Waals surface area contributed by atoms with Gasteiger partial charge in [-0.3, -0.25) is 0 Å². The lowest BCUT2D eigenvalue weighted by atomic mass is 10.0. The maximum absolute atomic E-state index is 9.11. The Balaban J connectivity index is 2.09. The lowest BCUT2D eigenvalue weighted by Crippen LogP contribution is -2.34. The first-order valence-corrected chi connectivity index (χ1v) is 6.62. The maximum atomic E-state index is 9.11. The fourth-order valence-electron chi connectivity index (χ4n) is 1.96. The van der Waals surface area contributed by atoms with Crippen molar-refractivity contribution in [3.8, 4) is 0 Å². The minimum absolute atomic E-state index is 0.161. The number of aliphatic hydroxyl groups excluding tert-OH is 1. The van der Waals surface area contributed by atoms with Crippen molar-refractivity contribution in [3.05, 3.63) is 34.3 Å². The van der Waals surface area contributed by atoms with Crippen LogP contribution in [-0.2, 0) is 0 Å². The van der Waals surface area contributed by atoms with Crippen LogP contribution in [0.2, 0.25) is 0 Å². The summed E-state index contributed by atoms with van der Waals surface area (Å²) in [5.74, 6) is 0.746. The van der Waals surface area contributed by atoms with E-state index in [0.717, 1.165) is 10.4 Å². The zero-order valence-electron chi connectivity index (χ0n) is 9.49. The van der Waals surface area contributed by atoms with E-state index in [9.17, 15) is 0 Å². The van der Waals surface area contributed by atoms with Crippen LogP contribution >= 0.6 is 15.9 Å². The largest absolute Gasteiger partial charge is 0.395 e. The van der Waals surface area contributed by atoms with Crippen LogP contribution in [0.25, 0.3) is 0 Å². The Kier molecular flexibility index (Phi) is 4.00. The first kappa shape index (κ1) is 12.1. The van der Waals surface area contributed by atoms with Gasteiger partial charge < -0.3 is 10.4 Å². The van der Waals surface area contributed by atoms with Crippen molar-refractivity contribution < 1.29 is 5.11 Å². The molecular formula is C13H18BrNO. The lowest BCUT2D eigenvalue weighted by molar-refractivity contribution is 0.236. The second-order valence-electron chi connectivity index (χ2n) is 4.62. The third kappa shape index (κ3) is 3.06. The van der Waals surface area contributed by atoms with Crippen molar-refractivity contribution in [2.75, 3.05) is 6.61 Å². The van der Waals surface area contributed by atoms with E-state index in [1.54, 1.807) is 0 Å². The molecule has 0 saturated heterocycles. The molecule has 1 saturated carbocycles. The van der Waals surface area contributed by atoms with Gasteiger partial charge in [0, 0.05) is 16.6 Å². The Morgan fingerprint density at radius 3 is 2.50 bits per heavy atom. The van der Waals surface area contributed by atoms with Gasteiger partial charge in [0.1, 0.15) is 0 Å². The molecule has 1 aliphatic carbocycles. The van der Waals surface area contributed by atoms with Gasteiger partial charge in [-0.15, -0.1) is 0 Å². The predicted molar refractivity (Wildman–Crippen MR) is 69.3 cm³/mol. The summed E-state index contributed by atoms with van der Waals surface area (Å²) in [6.45, 7) is 2.22. The van der Waals surface area contributed by atoms with Gasteiger partial charge >= 0.3 is 0 Å². The normalized spacial score (nSPS) is 19.4. The smallest absolute Gasteiger partial charge is 0.0582 e. The van der Waals surface area contributed by atoms with E-state index in [0.29, 0.717) is 6.04 Å². The highest BCUT2D eigenvalue weighted by atomic mass is 79.9. The molecule has 0 radical (unpaired) electrons. The highest BCUT2D eigenvalue weighted by Gasteiger charge is 2.32. The van der Waals surface area contributed by atoms with Crippen LogP contribution in [-0.4, -0.2) is 17.8 Å². The summed E-state index contributed by atoms with van der Waals surface area (Å²) >= 11 is 3.45. The van der Waals surface area contributed by atoms with Crippen LogP contribution < -0.4 is 5.32 Å². The number of hydrogen-bond acceptors (Lipinski definition) is 2. The predicted octanol–water partition coefficient (Wildman–Crippen LogP) is 2.87. The molecule has 2 rings (SSSR count). The summed E-state index contributed by atoms with van der Waals surface area (Å²) in [6, 6.07) is 9.03. The maximum Gasteiger partial charge on any atom is 0.0582 e.